The highest BCUT2D eigenvalue weighted by Crippen LogP contribution is 2.23. The van der Waals surface area contributed by atoms with Gasteiger partial charge in [0.2, 0.25) is 5.91 Å². The van der Waals surface area contributed by atoms with Crippen LogP contribution < -0.4 is 10.9 Å². The standard InChI is InChI=1S/C18H22N2O2/c1-13-6-2-5-9-16(13)19-17(21)12-20-11-10-14-7-3-4-8-15(14)18(20)22/h3-4,7-8,10-11,13,16H,2,5-6,9,12H2,1H3,(H,19,21)/t13-,16-/m0/s1. The predicted octanol–water partition coefficient (Wildman–Crippen LogP) is 2.70. The zero-order valence-electron chi connectivity index (χ0n) is 12.9. The summed E-state index contributed by atoms with van der Waals surface area (Å²) in [6.07, 6.45) is 6.33. The first-order valence-electron chi connectivity index (χ1n) is 8.03. The van der Waals surface area contributed by atoms with Crippen LogP contribution in [-0.4, -0.2) is 16.5 Å². The van der Waals surface area contributed by atoms with Crippen molar-refractivity contribution in [3.8, 4) is 0 Å². The fourth-order valence-corrected chi connectivity index (χ4v) is 3.29. The van der Waals surface area contributed by atoms with Crippen LogP contribution in [0.3, 0.4) is 0 Å². The number of aromatic nitrogens is 1. The Kier molecular flexibility index (Phi) is 4.27. The fraction of sp³-hybridized carbons (Fsp3) is 0.444. The molecule has 0 unspecified atom stereocenters. The lowest BCUT2D eigenvalue weighted by atomic mass is 9.86. The van der Waals surface area contributed by atoms with E-state index in [0.29, 0.717) is 11.3 Å². The quantitative estimate of drug-likeness (QED) is 0.947. The van der Waals surface area contributed by atoms with Gasteiger partial charge in [-0.15, -0.1) is 0 Å². The van der Waals surface area contributed by atoms with Gasteiger partial charge in [0.25, 0.3) is 5.56 Å². The normalized spacial score (nSPS) is 21.7. The molecular weight excluding hydrogens is 276 g/mol. The molecule has 4 nitrogen and oxygen atoms in total. The van der Waals surface area contributed by atoms with Crippen molar-refractivity contribution in [3.63, 3.8) is 0 Å². The molecule has 1 amide bonds. The lowest BCUT2D eigenvalue weighted by Crippen LogP contribution is -2.43. The number of pyridine rings is 1. The van der Waals surface area contributed by atoms with E-state index in [2.05, 4.69) is 12.2 Å². The number of nitrogens with one attached hydrogen (secondary N) is 1. The van der Waals surface area contributed by atoms with Crippen molar-refractivity contribution in [3.05, 3.63) is 46.9 Å². The Balaban J connectivity index is 1.74. The van der Waals surface area contributed by atoms with Gasteiger partial charge in [0, 0.05) is 17.6 Å². The van der Waals surface area contributed by atoms with Crippen molar-refractivity contribution in [2.24, 2.45) is 5.92 Å². The molecule has 1 saturated carbocycles. The summed E-state index contributed by atoms with van der Waals surface area (Å²) in [5.41, 5.74) is -0.107. The number of carbonyl (C=O) groups is 1. The lowest BCUT2D eigenvalue weighted by molar-refractivity contribution is -0.123. The third-order valence-electron chi connectivity index (χ3n) is 4.66. The Hall–Kier alpha value is -2.10. The highest BCUT2D eigenvalue weighted by molar-refractivity contribution is 5.82. The van der Waals surface area contributed by atoms with Gasteiger partial charge in [0.15, 0.2) is 0 Å². The van der Waals surface area contributed by atoms with Crippen LogP contribution in [-0.2, 0) is 11.3 Å². The second-order valence-electron chi connectivity index (χ2n) is 6.27. The summed E-state index contributed by atoms with van der Waals surface area (Å²) in [4.78, 5) is 24.6. The molecule has 0 radical (unpaired) electrons. The van der Waals surface area contributed by atoms with Crippen molar-refractivity contribution in [1.82, 2.24) is 9.88 Å². The summed E-state index contributed by atoms with van der Waals surface area (Å²) >= 11 is 0. The summed E-state index contributed by atoms with van der Waals surface area (Å²) in [5, 5.41) is 4.66. The molecule has 0 aliphatic heterocycles. The maximum Gasteiger partial charge on any atom is 0.258 e. The van der Waals surface area contributed by atoms with Crippen molar-refractivity contribution in [2.75, 3.05) is 0 Å². The Morgan fingerprint density at radius 3 is 2.82 bits per heavy atom. The van der Waals surface area contributed by atoms with Crippen LogP contribution in [0.2, 0.25) is 0 Å². The summed E-state index contributed by atoms with van der Waals surface area (Å²) in [5.74, 6) is 0.446. The Morgan fingerprint density at radius 2 is 2.00 bits per heavy atom. The molecule has 22 heavy (non-hydrogen) atoms. The topological polar surface area (TPSA) is 51.1 Å². The second-order valence-corrected chi connectivity index (χ2v) is 6.27. The summed E-state index contributed by atoms with van der Waals surface area (Å²) in [6.45, 7) is 2.28. The molecule has 0 spiro atoms. The zero-order valence-corrected chi connectivity index (χ0v) is 12.9. The molecular formula is C18H22N2O2. The average Bonchev–Trinajstić information content (AvgIpc) is 2.53. The summed E-state index contributed by atoms with van der Waals surface area (Å²) in [7, 11) is 0. The van der Waals surface area contributed by atoms with Gasteiger partial charge in [-0.3, -0.25) is 9.59 Å². The third kappa shape index (κ3) is 3.06. The van der Waals surface area contributed by atoms with E-state index in [0.717, 1.165) is 11.8 Å². The van der Waals surface area contributed by atoms with E-state index in [1.807, 2.05) is 24.3 Å². The first-order valence-corrected chi connectivity index (χ1v) is 8.03. The number of hydrogen-bond acceptors (Lipinski definition) is 2. The maximum atomic E-state index is 12.4. The summed E-state index contributed by atoms with van der Waals surface area (Å²) < 4.78 is 1.49. The highest BCUT2D eigenvalue weighted by atomic mass is 16.2. The molecule has 116 valence electrons. The second kappa shape index (κ2) is 6.34. The van der Waals surface area contributed by atoms with Gasteiger partial charge >= 0.3 is 0 Å². The molecule has 3 rings (SSSR count). The number of benzene rings is 1. The van der Waals surface area contributed by atoms with E-state index in [-0.39, 0.29) is 24.1 Å². The number of rotatable bonds is 3. The van der Waals surface area contributed by atoms with Gasteiger partial charge in [-0.05, 0) is 36.3 Å². The highest BCUT2D eigenvalue weighted by Gasteiger charge is 2.22. The minimum absolute atomic E-state index is 0.0730. The molecule has 2 atom stereocenters. The Labute approximate surface area is 130 Å². The van der Waals surface area contributed by atoms with Crippen LogP contribution >= 0.6 is 0 Å². The van der Waals surface area contributed by atoms with Crippen LogP contribution in [0, 0.1) is 5.92 Å². The van der Waals surface area contributed by atoms with Crippen LogP contribution in [0.1, 0.15) is 32.6 Å². The maximum absolute atomic E-state index is 12.4. The number of fused-ring (bicyclic) bond motifs is 1. The molecule has 1 aliphatic rings. The number of nitrogens with zero attached hydrogens (tertiary/aromatic N) is 1. The lowest BCUT2D eigenvalue weighted by Gasteiger charge is -2.29. The first-order chi connectivity index (χ1) is 10.6. The van der Waals surface area contributed by atoms with Crippen LogP contribution in [0.25, 0.3) is 10.8 Å². The molecule has 0 saturated heterocycles. The molecule has 1 N–H and O–H groups in total. The van der Waals surface area contributed by atoms with Crippen molar-refractivity contribution >= 4 is 16.7 Å². The molecule has 2 aromatic rings. The molecule has 4 heteroatoms. The van der Waals surface area contributed by atoms with Crippen LogP contribution in [0.5, 0.6) is 0 Å². The fourth-order valence-electron chi connectivity index (χ4n) is 3.29. The van der Waals surface area contributed by atoms with Gasteiger partial charge in [0.1, 0.15) is 6.54 Å². The molecule has 1 aliphatic carbocycles. The molecule has 1 fully saturated rings. The monoisotopic (exact) mass is 298 g/mol. The molecule has 0 bridgehead atoms. The Morgan fingerprint density at radius 1 is 1.23 bits per heavy atom. The van der Waals surface area contributed by atoms with Crippen molar-refractivity contribution < 1.29 is 4.79 Å². The zero-order chi connectivity index (χ0) is 15.5. The molecule has 1 heterocycles. The first kappa shape index (κ1) is 14.8. The Bertz CT molecular complexity index is 735. The van der Waals surface area contributed by atoms with E-state index >= 15 is 0 Å². The van der Waals surface area contributed by atoms with E-state index in [1.54, 1.807) is 12.3 Å². The van der Waals surface area contributed by atoms with Gasteiger partial charge < -0.3 is 9.88 Å². The number of amides is 1. The van der Waals surface area contributed by atoms with Gasteiger partial charge in [-0.1, -0.05) is 38.0 Å². The van der Waals surface area contributed by atoms with E-state index in [4.69, 9.17) is 0 Å². The van der Waals surface area contributed by atoms with Gasteiger partial charge in [0.05, 0.1) is 0 Å². The van der Waals surface area contributed by atoms with Crippen molar-refractivity contribution in [1.29, 1.82) is 0 Å². The smallest absolute Gasteiger partial charge is 0.258 e. The van der Waals surface area contributed by atoms with E-state index in [9.17, 15) is 9.59 Å². The van der Waals surface area contributed by atoms with Gasteiger partial charge in [-0.25, -0.2) is 0 Å². The van der Waals surface area contributed by atoms with Crippen molar-refractivity contribution in [2.45, 2.75) is 45.2 Å². The minimum Gasteiger partial charge on any atom is -0.352 e. The molecule has 1 aromatic heterocycles. The number of carbonyl (C=O) groups excluding carboxylic acids is 1. The summed E-state index contributed by atoms with van der Waals surface area (Å²) in [6, 6.07) is 9.59. The predicted molar refractivity (Wildman–Crippen MR) is 87.8 cm³/mol. The SMILES string of the molecule is C[C@H]1CCCC[C@@H]1NC(=O)Cn1ccc2ccccc2c1=O. The number of hydrogen-bond donors (Lipinski definition) is 1. The third-order valence-corrected chi connectivity index (χ3v) is 4.66. The molecule has 1 aromatic carbocycles. The van der Waals surface area contributed by atoms with Crippen LogP contribution in [0.15, 0.2) is 41.3 Å². The average molecular weight is 298 g/mol. The van der Waals surface area contributed by atoms with Gasteiger partial charge in [-0.2, -0.15) is 0 Å². The van der Waals surface area contributed by atoms with E-state index in [1.165, 1.54) is 23.8 Å². The largest absolute Gasteiger partial charge is 0.352 e. The van der Waals surface area contributed by atoms with E-state index < -0.39 is 0 Å². The minimum atomic E-state index is -0.107. The van der Waals surface area contributed by atoms with Crippen LogP contribution in [0.4, 0.5) is 0 Å².